The quantitative estimate of drug-likeness (QED) is 0.881. The molecule has 4 nitrogen and oxygen atoms in total. The number of carbonyl (C=O) groups is 1. The predicted octanol–water partition coefficient (Wildman–Crippen LogP) is 4.06. The zero-order valence-corrected chi connectivity index (χ0v) is 15.2. The molecule has 0 saturated heterocycles. The van der Waals surface area contributed by atoms with Crippen LogP contribution in [-0.2, 0) is 12.0 Å². The van der Waals surface area contributed by atoms with Crippen molar-refractivity contribution in [3.8, 4) is 0 Å². The Kier molecular flexibility index (Phi) is 5.48. The van der Waals surface area contributed by atoms with E-state index < -0.39 is 0 Å². The van der Waals surface area contributed by atoms with Crippen LogP contribution in [0.3, 0.4) is 0 Å². The van der Waals surface area contributed by atoms with Crippen LogP contribution < -0.4 is 10.6 Å². The maximum atomic E-state index is 12.1. The molecule has 3 atom stereocenters. The molecule has 3 unspecified atom stereocenters. The summed E-state index contributed by atoms with van der Waals surface area (Å²) in [6.45, 7) is 11.5. The minimum Gasteiger partial charge on any atom is -0.335 e. The second kappa shape index (κ2) is 6.99. The van der Waals surface area contributed by atoms with Crippen molar-refractivity contribution in [2.45, 2.75) is 71.9 Å². The van der Waals surface area contributed by atoms with Crippen molar-refractivity contribution in [1.29, 1.82) is 0 Å². The minimum absolute atomic E-state index is 0.0688. The molecule has 124 valence electrons. The molecule has 5 heteroatoms. The molecule has 22 heavy (non-hydrogen) atoms. The highest BCUT2D eigenvalue weighted by Gasteiger charge is 2.26. The van der Waals surface area contributed by atoms with Crippen molar-refractivity contribution >= 4 is 17.4 Å². The number of hydrogen-bond donors (Lipinski definition) is 2. The third-order valence-electron chi connectivity index (χ3n) is 4.37. The van der Waals surface area contributed by atoms with Crippen molar-refractivity contribution in [3.05, 3.63) is 16.1 Å². The summed E-state index contributed by atoms with van der Waals surface area (Å²) >= 11 is 1.66. The van der Waals surface area contributed by atoms with Crippen LogP contribution in [0.4, 0.5) is 4.79 Å². The van der Waals surface area contributed by atoms with E-state index in [2.05, 4.69) is 50.2 Å². The monoisotopic (exact) mass is 323 g/mol. The maximum Gasteiger partial charge on any atom is 0.315 e. The number of nitrogens with zero attached hydrogens (tertiary/aromatic N) is 1. The summed E-state index contributed by atoms with van der Waals surface area (Å²) in [4.78, 5) is 16.7. The van der Waals surface area contributed by atoms with Crippen molar-refractivity contribution < 1.29 is 4.79 Å². The molecular formula is C17H29N3OS. The number of thiazole rings is 1. The van der Waals surface area contributed by atoms with Crippen LogP contribution in [0.25, 0.3) is 0 Å². The highest BCUT2D eigenvalue weighted by atomic mass is 32.1. The molecule has 0 radical (unpaired) electrons. The fraction of sp³-hybridized carbons (Fsp3) is 0.765. The molecule has 0 aromatic carbocycles. The van der Waals surface area contributed by atoms with Gasteiger partial charge in [-0.15, -0.1) is 11.3 Å². The average molecular weight is 324 g/mol. The van der Waals surface area contributed by atoms with E-state index in [4.69, 9.17) is 0 Å². The lowest BCUT2D eigenvalue weighted by molar-refractivity contribution is 0.206. The van der Waals surface area contributed by atoms with Gasteiger partial charge in [0.05, 0.1) is 17.2 Å². The lowest BCUT2D eigenvalue weighted by Gasteiger charge is -2.33. The fourth-order valence-corrected chi connectivity index (χ4v) is 3.91. The second-order valence-corrected chi connectivity index (χ2v) is 8.58. The Hall–Kier alpha value is -1.10. The largest absolute Gasteiger partial charge is 0.335 e. The molecule has 2 amide bonds. The molecule has 1 aliphatic carbocycles. The number of hydrogen-bond acceptors (Lipinski definition) is 3. The normalized spacial score (nSPS) is 25.8. The van der Waals surface area contributed by atoms with Crippen LogP contribution in [0.5, 0.6) is 0 Å². The van der Waals surface area contributed by atoms with Crippen LogP contribution >= 0.6 is 11.3 Å². The molecule has 1 saturated carbocycles. The summed E-state index contributed by atoms with van der Waals surface area (Å²) in [5.41, 5.74) is 1.01. The van der Waals surface area contributed by atoms with Crippen LogP contribution in [0.15, 0.2) is 5.38 Å². The van der Waals surface area contributed by atoms with Crippen LogP contribution in [-0.4, -0.2) is 17.1 Å². The molecule has 1 heterocycles. The number of carbonyl (C=O) groups excluding carboxylic acids is 1. The van der Waals surface area contributed by atoms with Gasteiger partial charge in [0.15, 0.2) is 0 Å². The third kappa shape index (κ3) is 4.70. The Morgan fingerprint density at radius 1 is 1.36 bits per heavy atom. The number of urea groups is 1. The van der Waals surface area contributed by atoms with E-state index in [0.29, 0.717) is 18.5 Å². The van der Waals surface area contributed by atoms with Crippen molar-refractivity contribution in [3.63, 3.8) is 0 Å². The predicted molar refractivity (Wildman–Crippen MR) is 92.2 cm³/mol. The number of rotatable bonds is 3. The first-order chi connectivity index (χ1) is 10.3. The van der Waals surface area contributed by atoms with Gasteiger partial charge < -0.3 is 10.6 Å². The summed E-state index contributed by atoms with van der Waals surface area (Å²) in [5.74, 6) is 1.34. The van der Waals surface area contributed by atoms with Gasteiger partial charge in [0.1, 0.15) is 0 Å². The first kappa shape index (κ1) is 17.3. The van der Waals surface area contributed by atoms with Gasteiger partial charge >= 0.3 is 6.03 Å². The fourth-order valence-electron chi connectivity index (χ4n) is 3.00. The smallest absolute Gasteiger partial charge is 0.315 e. The van der Waals surface area contributed by atoms with E-state index in [0.717, 1.165) is 23.0 Å². The molecular weight excluding hydrogens is 294 g/mol. The lowest BCUT2D eigenvalue weighted by Crippen LogP contribution is -2.46. The van der Waals surface area contributed by atoms with Crippen molar-refractivity contribution in [2.24, 2.45) is 11.8 Å². The summed E-state index contributed by atoms with van der Waals surface area (Å²) < 4.78 is 0. The summed E-state index contributed by atoms with van der Waals surface area (Å²) in [5, 5.41) is 9.20. The summed E-state index contributed by atoms with van der Waals surface area (Å²) in [6, 6.07) is 0.230. The standard InChI is InChI=1S/C17H29N3OS/c1-11-6-7-14(12(2)8-11)20-16(21)18-9-13-10-22-15(19-13)17(3,4)5/h10-12,14H,6-9H2,1-5H3,(H2,18,20,21). The van der Waals surface area contributed by atoms with E-state index >= 15 is 0 Å². The number of nitrogens with one attached hydrogen (secondary N) is 2. The van der Waals surface area contributed by atoms with E-state index in [1.54, 1.807) is 11.3 Å². The summed E-state index contributed by atoms with van der Waals surface area (Å²) in [7, 11) is 0. The molecule has 0 spiro atoms. The average Bonchev–Trinajstić information content (AvgIpc) is 2.88. The van der Waals surface area contributed by atoms with Gasteiger partial charge in [-0.25, -0.2) is 9.78 Å². The van der Waals surface area contributed by atoms with Crippen LogP contribution in [0.2, 0.25) is 0 Å². The third-order valence-corrected chi connectivity index (χ3v) is 5.69. The van der Waals surface area contributed by atoms with E-state index in [1.165, 1.54) is 12.8 Å². The molecule has 1 fully saturated rings. The number of aromatic nitrogens is 1. The van der Waals surface area contributed by atoms with Gasteiger partial charge in [0.2, 0.25) is 0 Å². The molecule has 1 aromatic heterocycles. The van der Waals surface area contributed by atoms with Crippen LogP contribution in [0.1, 0.15) is 64.6 Å². The Bertz CT molecular complexity index is 506. The first-order valence-electron chi connectivity index (χ1n) is 8.25. The molecule has 1 aliphatic rings. The zero-order chi connectivity index (χ0) is 16.3. The Morgan fingerprint density at radius 3 is 2.68 bits per heavy atom. The molecule has 2 rings (SSSR count). The van der Waals surface area contributed by atoms with E-state index in [9.17, 15) is 4.79 Å². The Balaban J connectivity index is 1.79. The Morgan fingerprint density at radius 2 is 2.09 bits per heavy atom. The maximum absolute atomic E-state index is 12.1. The van der Waals surface area contributed by atoms with Crippen LogP contribution in [0, 0.1) is 11.8 Å². The van der Waals surface area contributed by atoms with Gasteiger partial charge in [0, 0.05) is 16.8 Å². The van der Waals surface area contributed by atoms with E-state index in [-0.39, 0.29) is 11.4 Å². The van der Waals surface area contributed by atoms with Gasteiger partial charge in [0.25, 0.3) is 0 Å². The molecule has 2 N–H and O–H groups in total. The van der Waals surface area contributed by atoms with Crippen molar-refractivity contribution in [1.82, 2.24) is 15.6 Å². The van der Waals surface area contributed by atoms with Gasteiger partial charge in [-0.3, -0.25) is 0 Å². The van der Waals surface area contributed by atoms with Gasteiger partial charge in [-0.1, -0.05) is 34.6 Å². The van der Waals surface area contributed by atoms with Gasteiger partial charge in [-0.05, 0) is 31.1 Å². The molecule has 0 bridgehead atoms. The number of amides is 2. The summed E-state index contributed by atoms with van der Waals surface area (Å²) in [6.07, 6.45) is 3.49. The minimum atomic E-state index is -0.0725. The highest BCUT2D eigenvalue weighted by molar-refractivity contribution is 7.09. The second-order valence-electron chi connectivity index (χ2n) is 7.72. The topological polar surface area (TPSA) is 54.0 Å². The zero-order valence-electron chi connectivity index (χ0n) is 14.4. The van der Waals surface area contributed by atoms with E-state index in [1.807, 2.05) is 5.38 Å². The SMILES string of the molecule is CC1CCC(NC(=O)NCc2csc(C(C)(C)C)n2)C(C)C1. The molecule has 0 aliphatic heterocycles. The lowest BCUT2D eigenvalue weighted by atomic mass is 9.80. The van der Waals surface area contributed by atoms with Crippen molar-refractivity contribution in [2.75, 3.05) is 0 Å². The van der Waals surface area contributed by atoms with Gasteiger partial charge in [-0.2, -0.15) is 0 Å². The highest BCUT2D eigenvalue weighted by Crippen LogP contribution is 2.28. The molecule has 1 aromatic rings. The Labute approximate surface area is 138 Å². The first-order valence-corrected chi connectivity index (χ1v) is 9.13.